The third kappa shape index (κ3) is 2.54. The van der Waals surface area contributed by atoms with E-state index in [1.54, 1.807) is 6.07 Å². The minimum atomic E-state index is -0.0960. The van der Waals surface area contributed by atoms with Crippen molar-refractivity contribution in [2.45, 2.75) is 26.8 Å². The Morgan fingerprint density at radius 2 is 2.29 bits per heavy atom. The van der Waals surface area contributed by atoms with E-state index >= 15 is 0 Å². The Kier molecular flexibility index (Phi) is 3.47. The molecule has 0 spiro atoms. The Morgan fingerprint density at radius 3 is 3.05 bits per heavy atom. The fourth-order valence-corrected chi connectivity index (χ4v) is 2.96. The van der Waals surface area contributed by atoms with Gasteiger partial charge in [0, 0.05) is 6.04 Å². The average Bonchev–Trinajstić information content (AvgIpc) is 3.06. The highest BCUT2D eigenvalue weighted by Gasteiger charge is 2.08. The van der Waals surface area contributed by atoms with Crippen LogP contribution >= 0.6 is 11.3 Å². The minimum Gasteiger partial charge on any atom is -0.329 e. The maximum absolute atomic E-state index is 12.0. The van der Waals surface area contributed by atoms with Gasteiger partial charge in [-0.15, -0.1) is 11.3 Å². The fourth-order valence-electron chi connectivity index (χ4n) is 2.20. The first-order valence-electron chi connectivity index (χ1n) is 6.74. The number of rotatable bonds is 3. The van der Waals surface area contributed by atoms with Gasteiger partial charge in [0.05, 0.1) is 23.6 Å². The zero-order valence-corrected chi connectivity index (χ0v) is 12.9. The zero-order valence-electron chi connectivity index (χ0n) is 12.1. The summed E-state index contributed by atoms with van der Waals surface area (Å²) in [6.45, 7) is 6.15. The summed E-state index contributed by atoms with van der Waals surface area (Å²) in [6.07, 6.45) is 5.61. The molecular formula is C15H16N4OS. The maximum Gasteiger partial charge on any atom is 0.259 e. The number of aromatic amines is 1. The Bertz CT molecular complexity index is 869. The van der Waals surface area contributed by atoms with Crippen LogP contribution in [0.1, 0.15) is 38.3 Å². The van der Waals surface area contributed by atoms with Crippen molar-refractivity contribution in [3.63, 3.8) is 0 Å². The molecule has 0 saturated heterocycles. The molecule has 1 N–H and O–H groups in total. The number of imidazole rings is 1. The second kappa shape index (κ2) is 5.29. The summed E-state index contributed by atoms with van der Waals surface area (Å²) in [7, 11) is 0. The predicted molar refractivity (Wildman–Crippen MR) is 86.4 cm³/mol. The minimum absolute atomic E-state index is 0.0960. The molecule has 3 aromatic rings. The molecule has 0 atom stereocenters. The normalized spacial score (nSPS) is 12.5. The molecule has 3 heterocycles. The number of H-pyrrole nitrogens is 1. The molecule has 0 aliphatic heterocycles. The van der Waals surface area contributed by atoms with Crippen molar-refractivity contribution in [1.29, 1.82) is 0 Å². The topological polar surface area (TPSA) is 63.6 Å². The van der Waals surface area contributed by atoms with Gasteiger partial charge in [0.15, 0.2) is 0 Å². The lowest BCUT2D eigenvalue weighted by Crippen LogP contribution is -2.09. The van der Waals surface area contributed by atoms with Gasteiger partial charge in [0.1, 0.15) is 10.7 Å². The van der Waals surface area contributed by atoms with Gasteiger partial charge in [-0.3, -0.25) is 4.79 Å². The summed E-state index contributed by atoms with van der Waals surface area (Å²) in [5.41, 5.74) is 1.81. The van der Waals surface area contributed by atoms with Gasteiger partial charge in [-0.05, 0) is 43.9 Å². The first-order valence-corrected chi connectivity index (χ1v) is 7.62. The third-order valence-electron chi connectivity index (χ3n) is 3.32. The Morgan fingerprint density at radius 1 is 1.48 bits per heavy atom. The van der Waals surface area contributed by atoms with E-state index in [0.717, 1.165) is 16.1 Å². The van der Waals surface area contributed by atoms with E-state index in [1.807, 2.05) is 30.9 Å². The van der Waals surface area contributed by atoms with Crippen LogP contribution in [0.4, 0.5) is 0 Å². The number of allylic oxidation sites excluding steroid dienone is 1. The summed E-state index contributed by atoms with van der Waals surface area (Å²) in [6, 6.07) is 2.13. The standard InChI is InChI=1S/C15H16N4OS/c1-9(2)19-8-16-7-11(19)6-10(3)13-17-14(20)12-4-5-21-15(12)18-13/h4-9H,1-3H3,(H,17,18,20)/b10-6+. The van der Waals surface area contributed by atoms with Crippen molar-refractivity contribution in [3.8, 4) is 0 Å². The Balaban J connectivity index is 2.07. The summed E-state index contributed by atoms with van der Waals surface area (Å²) in [5.74, 6) is 0.603. The summed E-state index contributed by atoms with van der Waals surface area (Å²) < 4.78 is 2.07. The van der Waals surface area contributed by atoms with Crippen molar-refractivity contribution in [1.82, 2.24) is 19.5 Å². The van der Waals surface area contributed by atoms with E-state index < -0.39 is 0 Å². The van der Waals surface area contributed by atoms with E-state index in [0.29, 0.717) is 17.3 Å². The van der Waals surface area contributed by atoms with Gasteiger partial charge in [-0.2, -0.15) is 0 Å². The van der Waals surface area contributed by atoms with Crippen molar-refractivity contribution < 1.29 is 0 Å². The number of thiophene rings is 1. The van der Waals surface area contributed by atoms with Gasteiger partial charge in [-0.25, -0.2) is 9.97 Å². The number of hydrogen-bond donors (Lipinski definition) is 1. The second-order valence-corrected chi connectivity index (χ2v) is 6.10. The van der Waals surface area contributed by atoms with Crippen LogP contribution in [0.3, 0.4) is 0 Å². The molecule has 6 heteroatoms. The van der Waals surface area contributed by atoms with Crippen LogP contribution in [-0.4, -0.2) is 19.5 Å². The molecule has 5 nitrogen and oxygen atoms in total. The van der Waals surface area contributed by atoms with E-state index in [4.69, 9.17) is 0 Å². The smallest absolute Gasteiger partial charge is 0.259 e. The van der Waals surface area contributed by atoms with Gasteiger partial charge < -0.3 is 9.55 Å². The Labute approximate surface area is 126 Å². The quantitative estimate of drug-likeness (QED) is 0.807. The van der Waals surface area contributed by atoms with Gasteiger partial charge >= 0.3 is 0 Å². The number of nitrogens with zero attached hydrogens (tertiary/aromatic N) is 3. The van der Waals surface area contributed by atoms with Crippen LogP contribution in [0.15, 0.2) is 28.8 Å². The van der Waals surface area contributed by atoms with Gasteiger partial charge in [-0.1, -0.05) is 0 Å². The largest absolute Gasteiger partial charge is 0.329 e. The summed E-state index contributed by atoms with van der Waals surface area (Å²) in [4.78, 5) is 24.3. The highest BCUT2D eigenvalue weighted by molar-refractivity contribution is 7.16. The van der Waals surface area contributed by atoms with E-state index in [9.17, 15) is 4.79 Å². The lowest BCUT2D eigenvalue weighted by atomic mass is 10.2. The number of aromatic nitrogens is 4. The van der Waals surface area contributed by atoms with Crippen molar-refractivity contribution in [2.75, 3.05) is 0 Å². The van der Waals surface area contributed by atoms with Crippen LogP contribution in [0, 0.1) is 0 Å². The van der Waals surface area contributed by atoms with Crippen LogP contribution in [0.5, 0.6) is 0 Å². The summed E-state index contributed by atoms with van der Waals surface area (Å²) >= 11 is 1.47. The predicted octanol–water partition coefficient (Wildman–Crippen LogP) is 3.32. The van der Waals surface area contributed by atoms with Crippen LogP contribution in [-0.2, 0) is 0 Å². The van der Waals surface area contributed by atoms with Crippen molar-refractivity contribution in [2.24, 2.45) is 0 Å². The molecule has 0 aromatic carbocycles. The molecule has 0 aliphatic rings. The van der Waals surface area contributed by atoms with E-state index in [-0.39, 0.29) is 5.56 Å². The molecule has 21 heavy (non-hydrogen) atoms. The van der Waals surface area contributed by atoms with Gasteiger partial charge in [0.25, 0.3) is 5.56 Å². The number of hydrogen-bond acceptors (Lipinski definition) is 4. The molecule has 3 aromatic heterocycles. The summed E-state index contributed by atoms with van der Waals surface area (Å²) in [5, 5.41) is 2.52. The number of fused-ring (bicyclic) bond motifs is 1. The first-order chi connectivity index (χ1) is 10.1. The van der Waals surface area contributed by atoms with E-state index in [2.05, 4.69) is 33.4 Å². The third-order valence-corrected chi connectivity index (χ3v) is 4.13. The molecule has 0 aliphatic carbocycles. The van der Waals surface area contributed by atoms with Crippen LogP contribution in [0.25, 0.3) is 21.9 Å². The molecule has 3 rings (SSSR count). The fraction of sp³-hybridized carbons (Fsp3) is 0.267. The molecule has 0 radical (unpaired) electrons. The molecule has 108 valence electrons. The molecule has 0 amide bonds. The lowest BCUT2D eigenvalue weighted by Gasteiger charge is -2.09. The second-order valence-electron chi connectivity index (χ2n) is 5.20. The molecule has 0 unspecified atom stereocenters. The van der Waals surface area contributed by atoms with Crippen LogP contribution in [0.2, 0.25) is 0 Å². The highest BCUT2D eigenvalue weighted by atomic mass is 32.1. The molecule has 0 fully saturated rings. The monoisotopic (exact) mass is 300 g/mol. The van der Waals surface area contributed by atoms with Crippen molar-refractivity contribution >= 4 is 33.2 Å². The Hall–Kier alpha value is -2.21. The highest BCUT2D eigenvalue weighted by Crippen LogP contribution is 2.19. The SMILES string of the molecule is C/C(=C\c1cncn1C(C)C)c1nc2sccc2c(=O)[nH]1. The van der Waals surface area contributed by atoms with Crippen LogP contribution < -0.4 is 5.56 Å². The molecular weight excluding hydrogens is 284 g/mol. The molecule has 0 saturated carbocycles. The average molecular weight is 300 g/mol. The maximum atomic E-state index is 12.0. The van der Waals surface area contributed by atoms with E-state index in [1.165, 1.54) is 11.3 Å². The lowest BCUT2D eigenvalue weighted by molar-refractivity contribution is 0.595. The first kappa shape index (κ1) is 13.8. The van der Waals surface area contributed by atoms with Gasteiger partial charge in [0.2, 0.25) is 0 Å². The number of nitrogens with one attached hydrogen (secondary N) is 1. The zero-order chi connectivity index (χ0) is 15.0. The van der Waals surface area contributed by atoms with Crippen molar-refractivity contribution in [3.05, 3.63) is 45.8 Å². The molecule has 0 bridgehead atoms.